The lowest BCUT2D eigenvalue weighted by Gasteiger charge is -2.07. The molecule has 0 aromatic carbocycles. The highest BCUT2D eigenvalue weighted by Crippen LogP contribution is 2.08. The Morgan fingerprint density at radius 2 is 2.29 bits per heavy atom. The summed E-state index contributed by atoms with van der Waals surface area (Å²) in [6.07, 6.45) is 6.96. The summed E-state index contributed by atoms with van der Waals surface area (Å²) in [5.74, 6) is -0.112. The van der Waals surface area contributed by atoms with E-state index in [0.717, 1.165) is 12.2 Å². The summed E-state index contributed by atoms with van der Waals surface area (Å²) in [7, 11) is 0. The molecule has 2 heterocycles. The Balaban J connectivity index is 2.33. The van der Waals surface area contributed by atoms with E-state index in [4.69, 9.17) is 5.11 Å². The predicted octanol–water partition coefficient (Wildman–Crippen LogP) is 0.982. The van der Waals surface area contributed by atoms with E-state index >= 15 is 0 Å². The number of carboxylic acids is 1. The number of rotatable bonds is 4. The fraction of sp³-hybridized carbons (Fsp3) is 0.273. The molecule has 2 aromatic rings. The van der Waals surface area contributed by atoms with Gasteiger partial charge in [0.25, 0.3) is 0 Å². The molecule has 0 aliphatic rings. The van der Waals surface area contributed by atoms with Gasteiger partial charge in [-0.15, -0.1) is 0 Å². The fourth-order valence-electron chi connectivity index (χ4n) is 1.62. The lowest BCUT2D eigenvalue weighted by Crippen LogP contribution is -2.11. The summed E-state index contributed by atoms with van der Waals surface area (Å²) in [5.41, 5.74) is 0.614. The van der Waals surface area contributed by atoms with E-state index in [1.165, 1.54) is 12.5 Å². The summed E-state index contributed by atoms with van der Waals surface area (Å²) in [5, 5.41) is 9.02. The Morgan fingerprint density at radius 3 is 3.00 bits per heavy atom. The van der Waals surface area contributed by atoms with Crippen molar-refractivity contribution in [2.24, 2.45) is 0 Å². The number of imidazole rings is 1. The molecule has 0 spiro atoms. The summed E-state index contributed by atoms with van der Waals surface area (Å²) >= 11 is 0. The van der Waals surface area contributed by atoms with Crippen LogP contribution < -0.4 is 0 Å². The van der Waals surface area contributed by atoms with Crippen LogP contribution in [0.2, 0.25) is 0 Å². The standard InChI is InChI=1S/C11H12N4O2/c1-2-10-13-3-4-15(10)6-9-8(11(16)17)5-12-7-14-9/h3-5,7H,2,6H2,1H3,(H,16,17). The first-order valence-corrected chi connectivity index (χ1v) is 5.24. The van der Waals surface area contributed by atoms with E-state index in [1.807, 2.05) is 17.7 Å². The molecule has 0 saturated heterocycles. The zero-order valence-electron chi connectivity index (χ0n) is 9.37. The van der Waals surface area contributed by atoms with Crippen LogP contribution in [-0.4, -0.2) is 30.6 Å². The molecule has 0 fully saturated rings. The molecule has 6 nitrogen and oxygen atoms in total. The van der Waals surface area contributed by atoms with Gasteiger partial charge in [0.2, 0.25) is 0 Å². The Bertz CT molecular complexity index is 536. The first-order valence-electron chi connectivity index (χ1n) is 5.24. The minimum atomic E-state index is -1.02. The van der Waals surface area contributed by atoms with Crippen molar-refractivity contribution in [3.8, 4) is 0 Å². The third-order valence-corrected chi connectivity index (χ3v) is 2.46. The van der Waals surface area contributed by atoms with Gasteiger partial charge in [-0.25, -0.2) is 19.7 Å². The maximum Gasteiger partial charge on any atom is 0.339 e. The van der Waals surface area contributed by atoms with Gasteiger partial charge in [0.05, 0.1) is 12.2 Å². The van der Waals surface area contributed by atoms with E-state index in [9.17, 15) is 4.79 Å². The summed E-state index contributed by atoms with van der Waals surface area (Å²) in [6, 6.07) is 0. The predicted molar refractivity (Wildman–Crippen MR) is 59.7 cm³/mol. The van der Waals surface area contributed by atoms with E-state index in [2.05, 4.69) is 15.0 Å². The average molecular weight is 232 g/mol. The molecule has 0 amide bonds. The van der Waals surface area contributed by atoms with Crippen LogP contribution in [0.3, 0.4) is 0 Å². The molecule has 1 N–H and O–H groups in total. The van der Waals surface area contributed by atoms with Crippen molar-refractivity contribution in [2.75, 3.05) is 0 Å². The molecule has 0 aliphatic carbocycles. The highest BCUT2D eigenvalue weighted by atomic mass is 16.4. The first-order chi connectivity index (χ1) is 8.22. The third kappa shape index (κ3) is 2.30. The number of hydrogen-bond donors (Lipinski definition) is 1. The lowest BCUT2D eigenvalue weighted by atomic mass is 10.2. The monoisotopic (exact) mass is 232 g/mol. The minimum absolute atomic E-state index is 0.128. The summed E-state index contributed by atoms with van der Waals surface area (Å²) < 4.78 is 1.88. The van der Waals surface area contributed by atoms with Crippen molar-refractivity contribution in [1.82, 2.24) is 19.5 Å². The molecule has 0 atom stereocenters. The topological polar surface area (TPSA) is 80.9 Å². The van der Waals surface area contributed by atoms with Gasteiger partial charge < -0.3 is 9.67 Å². The maximum atomic E-state index is 11.0. The van der Waals surface area contributed by atoms with E-state index < -0.39 is 5.97 Å². The molecule has 0 bridgehead atoms. The molecular weight excluding hydrogens is 220 g/mol. The summed E-state index contributed by atoms with van der Waals surface area (Å²) in [6.45, 7) is 2.39. The second kappa shape index (κ2) is 4.73. The Morgan fingerprint density at radius 1 is 1.47 bits per heavy atom. The van der Waals surface area contributed by atoms with Crippen LogP contribution in [-0.2, 0) is 13.0 Å². The largest absolute Gasteiger partial charge is 0.478 e. The maximum absolute atomic E-state index is 11.0. The minimum Gasteiger partial charge on any atom is -0.478 e. The molecule has 17 heavy (non-hydrogen) atoms. The fourth-order valence-corrected chi connectivity index (χ4v) is 1.62. The zero-order chi connectivity index (χ0) is 12.3. The van der Waals surface area contributed by atoms with Crippen molar-refractivity contribution < 1.29 is 9.90 Å². The molecular formula is C11H12N4O2. The quantitative estimate of drug-likeness (QED) is 0.849. The van der Waals surface area contributed by atoms with Crippen LogP contribution >= 0.6 is 0 Å². The van der Waals surface area contributed by atoms with Crippen LogP contribution in [0.5, 0.6) is 0 Å². The van der Waals surface area contributed by atoms with Crippen LogP contribution in [0.25, 0.3) is 0 Å². The lowest BCUT2D eigenvalue weighted by molar-refractivity contribution is 0.0694. The van der Waals surface area contributed by atoms with Crippen molar-refractivity contribution >= 4 is 5.97 Å². The number of carbonyl (C=O) groups is 1. The van der Waals surface area contributed by atoms with Gasteiger partial charge in [0.1, 0.15) is 17.7 Å². The van der Waals surface area contributed by atoms with Crippen molar-refractivity contribution in [1.29, 1.82) is 0 Å². The number of nitrogens with zero attached hydrogens (tertiary/aromatic N) is 4. The highest BCUT2D eigenvalue weighted by Gasteiger charge is 2.12. The molecule has 2 rings (SSSR count). The number of carboxylic acid groups (broad SMARTS) is 1. The van der Waals surface area contributed by atoms with E-state index in [0.29, 0.717) is 12.2 Å². The second-order valence-corrected chi connectivity index (χ2v) is 3.51. The smallest absolute Gasteiger partial charge is 0.339 e. The van der Waals surface area contributed by atoms with Crippen molar-refractivity contribution in [3.63, 3.8) is 0 Å². The molecule has 0 radical (unpaired) electrons. The molecule has 0 aliphatic heterocycles. The van der Waals surface area contributed by atoms with Crippen LogP contribution in [0, 0.1) is 0 Å². The normalized spacial score (nSPS) is 10.4. The van der Waals surface area contributed by atoms with Crippen LogP contribution in [0.15, 0.2) is 24.9 Å². The number of aryl methyl sites for hydroxylation is 1. The van der Waals surface area contributed by atoms with Crippen molar-refractivity contribution in [2.45, 2.75) is 19.9 Å². The zero-order valence-corrected chi connectivity index (χ0v) is 9.37. The van der Waals surface area contributed by atoms with Crippen LogP contribution in [0.4, 0.5) is 0 Å². The number of hydrogen-bond acceptors (Lipinski definition) is 4. The van der Waals surface area contributed by atoms with Gasteiger partial charge in [-0.05, 0) is 0 Å². The summed E-state index contributed by atoms with van der Waals surface area (Å²) in [4.78, 5) is 22.9. The van der Waals surface area contributed by atoms with Gasteiger partial charge in [0.15, 0.2) is 0 Å². The van der Waals surface area contributed by atoms with E-state index in [-0.39, 0.29) is 5.56 Å². The van der Waals surface area contributed by atoms with Crippen molar-refractivity contribution in [3.05, 3.63) is 42.0 Å². The van der Waals surface area contributed by atoms with Gasteiger partial charge in [0, 0.05) is 25.0 Å². The number of aromatic nitrogens is 4. The molecule has 6 heteroatoms. The van der Waals surface area contributed by atoms with E-state index in [1.54, 1.807) is 6.20 Å². The SMILES string of the molecule is CCc1nccn1Cc1ncncc1C(=O)O. The van der Waals surface area contributed by atoms with Gasteiger partial charge in [-0.3, -0.25) is 0 Å². The first kappa shape index (κ1) is 11.3. The van der Waals surface area contributed by atoms with Crippen LogP contribution in [0.1, 0.15) is 28.8 Å². The Hall–Kier alpha value is -2.24. The third-order valence-electron chi connectivity index (χ3n) is 2.46. The van der Waals surface area contributed by atoms with Gasteiger partial charge >= 0.3 is 5.97 Å². The van der Waals surface area contributed by atoms with Gasteiger partial charge in [-0.2, -0.15) is 0 Å². The Labute approximate surface area is 98.0 Å². The molecule has 0 unspecified atom stereocenters. The Kier molecular flexibility index (Phi) is 3.13. The number of aromatic carboxylic acids is 1. The average Bonchev–Trinajstić information content (AvgIpc) is 2.77. The molecule has 88 valence electrons. The molecule has 0 saturated carbocycles. The highest BCUT2D eigenvalue weighted by molar-refractivity contribution is 5.88. The molecule has 2 aromatic heterocycles. The second-order valence-electron chi connectivity index (χ2n) is 3.51. The van der Waals surface area contributed by atoms with Gasteiger partial charge in [-0.1, -0.05) is 6.92 Å².